The largest absolute Gasteiger partial charge is 0.494 e. The minimum absolute atomic E-state index is 0.118. The van der Waals surface area contributed by atoms with Crippen LogP contribution in [0, 0.1) is 0 Å². The molecule has 4 aromatic rings. The molecule has 9 heteroatoms. The summed E-state index contributed by atoms with van der Waals surface area (Å²) in [5, 5.41) is 6.92. The molecule has 0 aliphatic carbocycles. The second-order valence-corrected chi connectivity index (χ2v) is 7.88. The Morgan fingerprint density at radius 2 is 1.78 bits per heavy atom. The molecule has 0 aliphatic rings. The maximum Gasteiger partial charge on any atom is 0.227 e. The summed E-state index contributed by atoms with van der Waals surface area (Å²) < 4.78 is 22.1. The number of aromatic nitrogens is 3. The lowest BCUT2D eigenvalue weighted by atomic mass is 10.2. The third kappa shape index (κ3) is 6.82. The van der Waals surface area contributed by atoms with E-state index in [1.54, 1.807) is 19.5 Å². The van der Waals surface area contributed by atoms with Gasteiger partial charge in [-0.2, -0.15) is 4.98 Å². The van der Waals surface area contributed by atoms with E-state index in [0.29, 0.717) is 49.4 Å². The van der Waals surface area contributed by atoms with Gasteiger partial charge in [0.15, 0.2) is 11.5 Å². The van der Waals surface area contributed by atoms with Crippen LogP contribution in [0.4, 0.5) is 0 Å². The normalized spacial score (nSPS) is 10.6. The number of amides is 1. The molecule has 0 radical (unpaired) electrons. The van der Waals surface area contributed by atoms with Crippen molar-refractivity contribution in [2.45, 2.75) is 32.9 Å². The summed E-state index contributed by atoms with van der Waals surface area (Å²) in [6.07, 6.45) is 4.03. The Hall–Kier alpha value is -4.40. The lowest BCUT2D eigenvalue weighted by Gasteiger charge is -2.12. The van der Waals surface area contributed by atoms with Crippen molar-refractivity contribution >= 4 is 5.91 Å². The van der Waals surface area contributed by atoms with Crippen molar-refractivity contribution in [3.63, 3.8) is 0 Å². The monoisotopic (exact) mass is 488 g/mol. The third-order valence-corrected chi connectivity index (χ3v) is 5.32. The number of hydrogen-bond acceptors (Lipinski definition) is 8. The molecule has 0 fully saturated rings. The molecule has 1 N–H and O–H groups in total. The summed E-state index contributed by atoms with van der Waals surface area (Å²) >= 11 is 0. The molecule has 186 valence electrons. The smallest absolute Gasteiger partial charge is 0.227 e. The van der Waals surface area contributed by atoms with E-state index in [9.17, 15) is 4.79 Å². The number of hydrogen-bond donors (Lipinski definition) is 1. The van der Waals surface area contributed by atoms with E-state index < -0.39 is 0 Å². The van der Waals surface area contributed by atoms with Crippen LogP contribution in [0.2, 0.25) is 0 Å². The van der Waals surface area contributed by atoms with Crippen molar-refractivity contribution in [3.8, 4) is 28.6 Å². The average Bonchev–Trinajstić information content (AvgIpc) is 3.40. The molecule has 9 nitrogen and oxygen atoms in total. The summed E-state index contributed by atoms with van der Waals surface area (Å²) in [7, 11) is 1.59. The molecule has 2 aromatic carbocycles. The zero-order valence-electron chi connectivity index (χ0n) is 20.3. The third-order valence-electron chi connectivity index (χ3n) is 5.32. The molecule has 0 saturated heterocycles. The van der Waals surface area contributed by atoms with Crippen molar-refractivity contribution in [2.24, 2.45) is 0 Å². The van der Waals surface area contributed by atoms with Gasteiger partial charge in [-0.1, -0.05) is 11.2 Å². The quantitative estimate of drug-likeness (QED) is 0.313. The fourth-order valence-corrected chi connectivity index (χ4v) is 3.43. The predicted octanol–water partition coefficient (Wildman–Crippen LogP) is 4.37. The lowest BCUT2D eigenvalue weighted by molar-refractivity contribution is -0.121. The Balaban J connectivity index is 1.25. The minimum atomic E-state index is -0.118. The molecule has 2 aromatic heterocycles. The van der Waals surface area contributed by atoms with Gasteiger partial charge in [-0.15, -0.1) is 0 Å². The maximum absolute atomic E-state index is 12.4. The van der Waals surface area contributed by atoms with E-state index in [2.05, 4.69) is 20.4 Å². The fraction of sp³-hybridized carbons (Fsp3) is 0.259. The standard InChI is InChI=1S/C27H28N4O5/c1-3-34-22-7-5-21(6-8-22)27-30-26(36-31-27)11-10-25(32)29-17-20-4-9-23(24(16-20)33-2)35-18-19-12-14-28-15-13-19/h4-9,12-16H,3,10-11,17-18H2,1-2H3,(H,29,32). The Morgan fingerprint density at radius 1 is 0.972 bits per heavy atom. The van der Waals surface area contributed by atoms with Gasteiger partial charge in [-0.05, 0) is 66.6 Å². The van der Waals surface area contributed by atoms with Crippen molar-refractivity contribution < 1.29 is 23.5 Å². The number of carbonyl (C=O) groups is 1. The summed E-state index contributed by atoms with van der Waals surface area (Å²) in [5.74, 6) is 2.78. The number of methoxy groups -OCH3 is 1. The Morgan fingerprint density at radius 3 is 2.53 bits per heavy atom. The summed E-state index contributed by atoms with van der Waals surface area (Å²) in [6, 6.07) is 16.8. The van der Waals surface area contributed by atoms with Gasteiger partial charge in [-0.25, -0.2) is 0 Å². The van der Waals surface area contributed by atoms with Crippen molar-refractivity contribution in [1.82, 2.24) is 20.4 Å². The van der Waals surface area contributed by atoms with Crippen molar-refractivity contribution in [1.29, 1.82) is 0 Å². The predicted molar refractivity (Wildman–Crippen MR) is 133 cm³/mol. The van der Waals surface area contributed by atoms with Crippen LogP contribution in [0.1, 0.15) is 30.4 Å². The molecule has 0 atom stereocenters. The van der Waals surface area contributed by atoms with Crippen molar-refractivity contribution in [3.05, 3.63) is 84.0 Å². The zero-order valence-corrected chi connectivity index (χ0v) is 20.3. The maximum atomic E-state index is 12.4. The van der Waals surface area contributed by atoms with E-state index in [4.69, 9.17) is 18.7 Å². The van der Waals surface area contributed by atoms with Crippen LogP contribution < -0.4 is 19.5 Å². The molecular weight excluding hydrogens is 460 g/mol. The number of rotatable bonds is 12. The van der Waals surface area contributed by atoms with Gasteiger partial charge < -0.3 is 24.1 Å². The van der Waals surface area contributed by atoms with E-state index in [1.807, 2.05) is 61.5 Å². The fourth-order valence-electron chi connectivity index (χ4n) is 3.43. The van der Waals surface area contributed by atoms with E-state index >= 15 is 0 Å². The highest BCUT2D eigenvalue weighted by Crippen LogP contribution is 2.29. The number of pyridine rings is 1. The van der Waals surface area contributed by atoms with Gasteiger partial charge in [-0.3, -0.25) is 9.78 Å². The zero-order chi connectivity index (χ0) is 25.2. The van der Waals surface area contributed by atoms with Crippen LogP contribution >= 0.6 is 0 Å². The second-order valence-electron chi connectivity index (χ2n) is 7.88. The SMILES string of the molecule is CCOc1ccc(-c2noc(CCC(=O)NCc3ccc(OCc4ccncc4)c(OC)c3)n2)cc1. The van der Waals surface area contributed by atoms with Gasteiger partial charge in [0.25, 0.3) is 0 Å². The van der Waals surface area contributed by atoms with Gasteiger partial charge >= 0.3 is 0 Å². The summed E-state index contributed by atoms with van der Waals surface area (Å²) in [4.78, 5) is 20.8. The molecule has 0 unspecified atom stereocenters. The molecular formula is C27H28N4O5. The molecule has 0 saturated carbocycles. The Bertz CT molecular complexity index is 1260. The summed E-state index contributed by atoms with van der Waals surface area (Å²) in [6.45, 7) is 3.31. The number of nitrogens with zero attached hydrogens (tertiary/aromatic N) is 3. The molecule has 4 rings (SSSR count). The average molecular weight is 489 g/mol. The van der Waals surface area contributed by atoms with Crippen LogP contribution in [-0.2, 0) is 24.4 Å². The molecule has 36 heavy (non-hydrogen) atoms. The van der Waals surface area contributed by atoms with Crippen LogP contribution in [0.5, 0.6) is 17.2 Å². The molecule has 0 bridgehead atoms. The molecule has 0 spiro atoms. The number of carbonyl (C=O) groups excluding carboxylic acids is 1. The summed E-state index contributed by atoms with van der Waals surface area (Å²) in [5.41, 5.74) is 2.73. The number of ether oxygens (including phenoxy) is 3. The van der Waals surface area contributed by atoms with Crippen LogP contribution in [0.25, 0.3) is 11.4 Å². The first kappa shape index (κ1) is 24.7. The lowest BCUT2D eigenvalue weighted by Crippen LogP contribution is -2.23. The molecule has 1 amide bonds. The van der Waals surface area contributed by atoms with Crippen LogP contribution in [0.15, 0.2) is 71.5 Å². The highest BCUT2D eigenvalue weighted by atomic mass is 16.5. The number of nitrogens with one attached hydrogen (secondary N) is 1. The number of aryl methyl sites for hydroxylation is 1. The highest BCUT2D eigenvalue weighted by molar-refractivity contribution is 5.76. The van der Waals surface area contributed by atoms with E-state index in [0.717, 1.165) is 22.4 Å². The van der Waals surface area contributed by atoms with Crippen molar-refractivity contribution in [2.75, 3.05) is 13.7 Å². The van der Waals surface area contributed by atoms with Gasteiger partial charge in [0.05, 0.1) is 13.7 Å². The first-order valence-corrected chi connectivity index (χ1v) is 11.7. The Kier molecular flexibility index (Phi) is 8.48. The van der Waals surface area contributed by atoms with Crippen LogP contribution in [-0.4, -0.2) is 34.7 Å². The first-order valence-electron chi connectivity index (χ1n) is 11.7. The van der Waals surface area contributed by atoms with Crippen LogP contribution in [0.3, 0.4) is 0 Å². The first-order chi connectivity index (χ1) is 17.6. The number of benzene rings is 2. The highest BCUT2D eigenvalue weighted by Gasteiger charge is 2.12. The molecule has 2 heterocycles. The Labute approximate surface area is 209 Å². The van der Waals surface area contributed by atoms with Gasteiger partial charge in [0.1, 0.15) is 12.4 Å². The van der Waals surface area contributed by atoms with E-state index in [1.165, 1.54) is 0 Å². The second kappa shape index (κ2) is 12.3. The topological polar surface area (TPSA) is 109 Å². The van der Waals surface area contributed by atoms with Gasteiger partial charge in [0.2, 0.25) is 17.6 Å². The van der Waals surface area contributed by atoms with Gasteiger partial charge in [0, 0.05) is 37.3 Å². The van der Waals surface area contributed by atoms with E-state index in [-0.39, 0.29) is 12.3 Å². The molecule has 0 aliphatic heterocycles. The minimum Gasteiger partial charge on any atom is -0.494 e.